The average molecular weight is 463 g/mol. The number of rotatable bonds is 5. The van der Waals surface area contributed by atoms with Crippen LogP contribution in [0.3, 0.4) is 0 Å². The van der Waals surface area contributed by atoms with Crippen molar-refractivity contribution < 1.29 is 14.4 Å². The van der Waals surface area contributed by atoms with Crippen LogP contribution in [0, 0.1) is 6.92 Å². The van der Waals surface area contributed by atoms with E-state index in [1.807, 2.05) is 17.6 Å². The highest BCUT2D eigenvalue weighted by Crippen LogP contribution is 2.34. The van der Waals surface area contributed by atoms with Gasteiger partial charge in [0.1, 0.15) is 5.69 Å². The van der Waals surface area contributed by atoms with Crippen LogP contribution in [-0.2, 0) is 6.54 Å². The summed E-state index contributed by atoms with van der Waals surface area (Å²) in [4.78, 5) is 40.1. The van der Waals surface area contributed by atoms with Crippen LogP contribution in [0.1, 0.15) is 73.2 Å². The Bertz CT molecular complexity index is 1560. The van der Waals surface area contributed by atoms with E-state index in [1.54, 1.807) is 48.5 Å². The number of benzene rings is 3. The predicted molar refractivity (Wildman–Crippen MR) is 139 cm³/mol. The molecular formula is C30H26N2O3. The molecule has 1 amide bonds. The number of aryl methyl sites for hydroxylation is 1. The van der Waals surface area contributed by atoms with Crippen molar-refractivity contribution in [1.82, 2.24) is 4.57 Å². The van der Waals surface area contributed by atoms with Gasteiger partial charge < -0.3 is 9.88 Å². The number of hydrogen-bond donors (Lipinski definition) is 1. The molecule has 1 N–H and O–H groups in total. The van der Waals surface area contributed by atoms with Gasteiger partial charge in [0.25, 0.3) is 5.91 Å². The van der Waals surface area contributed by atoms with E-state index in [0.29, 0.717) is 40.5 Å². The highest BCUT2D eigenvalue weighted by Gasteiger charge is 2.32. The van der Waals surface area contributed by atoms with Crippen molar-refractivity contribution in [3.8, 4) is 0 Å². The lowest BCUT2D eigenvalue weighted by Gasteiger charge is -2.20. The number of hydrogen-bond acceptors (Lipinski definition) is 3. The smallest absolute Gasteiger partial charge is 0.272 e. The second kappa shape index (κ2) is 8.51. The van der Waals surface area contributed by atoms with E-state index in [2.05, 4.69) is 37.9 Å². The molecule has 0 fully saturated rings. The van der Waals surface area contributed by atoms with Gasteiger partial charge in [0.05, 0.1) is 11.3 Å². The zero-order chi connectivity index (χ0) is 24.9. The summed E-state index contributed by atoms with van der Waals surface area (Å²) < 4.78 is 1.94. The van der Waals surface area contributed by atoms with Crippen molar-refractivity contribution in [2.45, 2.75) is 33.2 Å². The Labute approximate surface area is 204 Å². The summed E-state index contributed by atoms with van der Waals surface area (Å²) in [5.74, 6) is -0.458. The molecule has 0 spiro atoms. The predicted octanol–water partition coefficient (Wildman–Crippen LogP) is 6.29. The summed E-state index contributed by atoms with van der Waals surface area (Å²) in [5.41, 5.74) is 5.12. The van der Waals surface area contributed by atoms with Crippen LogP contribution in [0.25, 0.3) is 10.9 Å². The molecule has 1 heterocycles. The Morgan fingerprint density at radius 1 is 0.971 bits per heavy atom. The zero-order valence-corrected chi connectivity index (χ0v) is 20.0. The summed E-state index contributed by atoms with van der Waals surface area (Å²) in [7, 11) is 0. The lowest BCUT2D eigenvalue weighted by atomic mass is 9.83. The first-order chi connectivity index (χ1) is 16.8. The molecule has 5 rings (SSSR count). The number of allylic oxidation sites excluding steroid dienone is 1. The molecule has 5 nitrogen and oxygen atoms in total. The van der Waals surface area contributed by atoms with Crippen molar-refractivity contribution in [3.05, 3.63) is 112 Å². The van der Waals surface area contributed by atoms with Crippen LogP contribution in [-0.4, -0.2) is 22.0 Å². The van der Waals surface area contributed by atoms with Gasteiger partial charge in [-0.3, -0.25) is 14.4 Å². The summed E-state index contributed by atoms with van der Waals surface area (Å²) in [6.45, 7) is 10.5. The number of nitrogens with one attached hydrogen (secondary N) is 1. The standard InChI is InChI=1S/C30H26N2O3/c1-5-15-32-25-14-13-19(17(2)3)16-23(25)18(4)27(32)30(35)31-24-12-8-11-22-26(24)29(34)21-10-7-6-9-20(21)28(22)33/h5-14,16-17H,1,15H2,2-4H3,(H,31,35). The van der Waals surface area contributed by atoms with Crippen molar-refractivity contribution >= 4 is 34.1 Å². The van der Waals surface area contributed by atoms with E-state index < -0.39 is 0 Å². The molecule has 35 heavy (non-hydrogen) atoms. The number of carbonyl (C=O) groups is 3. The zero-order valence-electron chi connectivity index (χ0n) is 20.0. The van der Waals surface area contributed by atoms with Gasteiger partial charge in [-0.1, -0.05) is 62.4 Å². The minimum Gasteiger partial charge on any atom is -0.332 e. The van der Waals surface area contributed by atoms with Crippen molar-refractivity contribution in [2.24, 2.45) is 0 Å². The maximum atomic E-state index is 13.7. The first kappa shape index (κ1) is 22.5. The first-order valence-corrected chi connectivity index (χ1v) is 11.7. The number of amides is 1. The van der Waals surface area contributed by atoms with Gasteiger partial charge >= 0.3 is 0 Å². The fourth-order valence-electron chi connectivity index (χ4n) is 4.94. The summed E-state index contributed by atoms with van der Waals surface area (Å²) in [6.07, 6.45) is 1.76. The molecule has 1 aliphatic rings. The van der Waals surface area contributed by atoms with Crippen LogP contribution in [0.15, 0.2) is 73.3 Å². The fourth-order valence-corrected chi connectivity index (χ4v) is 4.94. The van der Waals surface area contributed by atoms with Gasteiger partial charge in [-0.05, 0) is 42.2 Å². The van der Waals surface area contributed by atoms with Gasteiger partial charge in [-0.25, -0.2) is 0 Å². The number of anilines is 1. The SMILES string of the molecule is C=CCn1c(C(=O)Nc2cccc3c2C(=O)c2ccccc2C3=O)c(C)c2cc(C(C)C)ccc21. The molecule has 0 saturated heterocycles. The van der Waals surface area contributed by atoms with E-state index in [-0.39, 0.29) is 23.0 Å². The Morgan fingerprint density at radius 2 is 1.66 bits per heavy atom. The molecule has 0 atom stereocenters. The molecular weight excluding hydrogens is 436 g/mol. The fraction of sp³-hybridized carbons (Fsp3) is 0.167. The minimum atomic E-state index is -0.334. The van der Waals surface area contributed by atoms with Crippen LogP contribution in [0.4, 0.5) is 5.69 Å². The second-order valence-corrected chi connectivity index (χ2v) is 9.19. The molecule has 1 aromatic heterocycles. The van der Waals surface area contributed by atoms with Crippen LogP contribution in [0.2, 0.25) is 0 Å². The lowest BCUT2D eigenvalue weighted by Crippen LogP contribution is -2.25. The molecule has 174 valence electrons. The third-order valence-corrected chi connectivity index (χ3v) is 6.73. The number of nitrogens with zero attached hydrogens (tertiary/aromatic N) is 1. The largest absolute Gasteiger partial charge is 0.332 e. The monoisotopic (exact) mass is 462 g/mol. The molecule has 0 aliphatic heterocycles. The number of aromatic nitrogens is 1. The summed E-state index contributed by atoms with van der Waals surface area (Å²) in [6, 6.07) is 18.0. The Kier molecular flexibility index (Phi) is 5.48. The van der Waals surface area contributed by atoms with E-state index in [4.69, 9.17) is 0 Å². The van der Waals surface area contributed by atoms with Gasteiger partial charge in [-0.2, -0.15) is 0 Å². The third kappa shape index (κ3) is 3.51. The van der Waals surface area contributed by atoms with Crippen molar-refractivity contribution in [2.75, 3.05) is 5.32 Å². The third-order valence-electron chi connectivity index (χ3n) is 6.73. The maximum absolute atomic E-state index is 13.7. The van der Waals surface area contributed by atoms with Gasteiger partial charge in [0.15, 0.2) is 11.6 Å². The highest BCUT2D eigenvalue weighted by molar-refractivity contribution is 6.30. The van der Waals surface area contributed by atoms with E-state index in [0.717, 1.165) is 16.5 Å². The highest BCUT2D eigenvalue weighted by atomic mass is 16.2. The molecule has 0 saturated carbocycles. The quantitative estimate of drug-likeness (QED) is 0.312. The molecule has 0 radical (unpaired) electrons. The van der Waals surface area contributed by atoms with Gasteiger partial charge in [0.2, 0.25) is 0 Å². The molecule has 4 aromatic rings. The first-order valence-electron chi connectivity index (χ1n) is 11.7. The molecule has 3 aromatic carbocycles. The van der Waals surface area contributed by atoms with Crippen LogP contribution >= 0.6 is 0 Å². The summed E-state index contributed by atoms with van der Waals surface area (Å²) >= 11 is 0. The molecule has 1 aliphatic carbocycles. The maximum Gasteiger partial charge on any atom is 0.272 e. The second-order valence-electron chi connectivity index (χ2n) is 9.19. The lowest BCUT2D eigenvalue weighted by molar-refractivity contribution is 0.0978. The average Bonchev–Trinajstić information content (AvgIpc) is 3.13. The molecule has 0 unspecified atom stereocenters. The Morgan fingerprint density at radius 3 is 2.34 bits per heavy atom. The van der Waals surface area contributed by atoms with Crippen molar-refractivity contribution in [3.63, 3.8) is 0 Å². The molecule has 0 bridgehead atoms. The van der Waals surface area contributed by atoms with E-state index >= 15 is 0 Å². The van der Waals surface area contributed by atoms with Crippen LogP contribution < -0.4 is 5.32 Å². The Balaban J connectivity index is 1.61. The number of ketones is 2. The number of carbonyl (C=O) groups excluding carboxylic acids is 3. The normalized spacial score (nSPS) is 12.6. The minimum absolute atomic E-state index is 0.218. The van der Waals surface area contributed by atoms with Crippen LogP contribution in [0.5, 0.6) is 0 Å². The molecule has 5 heteroatoms. The Hall–Kier alpha value is -4.25. The van der Waals surface area contributed by atoms with E-state index in [9.17, 15) is 14.4 Å². The number of fused-ring (bicyclic) bond motifs is 3. The van der Waals surface area contributed by atoms with Gasteiger partial charge in [-0.15, -0.1) is 6.58 Å². The van der Waals surface area contributed by atoms with Crippen molar-refractivity contribution in [1.29, 1.82) is 0 Å². The van der Waals surface area contributed by atoms with E-state index in [1.165, 1.54) is 5.56 Å². The topological polar surface area (TPSA) is 68.2 Å². The van der Waals surface area contributed by atoms with Gasteiger partial charge in [0, 0.05) is 34.1 Å². The summed E-state index contributed by atoms with van der Waals surface area (Å²) in [5, 5.41) is 3.95.